The molecule has 0 bridgehead atoms. The maximum atomic E-state index is 14.3. The molecule has 8 heteroatoms. The van der Waals surface area contributed by atoms with Crippen LogP contribution in [0.25, 0.3) is 11.3 Å². The lowest BCUT2D eigenvalue weighted by Crippen LogP contribution is -2.64. The highest BCUT2D eigenvalue weighted by molar-refractivity contribution is 5.89. The van der Waals surface area contributed by atoms with Gasteiger partial charge in [-0.1, -0.05) is 50.2 Å². The van der Waals surface area contributed by atoms with Crippen molar-refractivity contribution in [3.05, 3.63) is 83.6 Å². The Morgan fingerprint density at radius 3 is 2.47 bits per heavy atom. The Hall–Kier alpha value is -3.52. The molecule has 1 aliphatic rings. The van der Waals surface area contributed by atoms with Gasteiger partial charge in [-0.05, 0) is 30.7 Å². The largest absolute Gasteiger partial charge is 0.464 e. The molecule has 2 heterocycles. The number of carbonyl (C=O) groups is 2. The molecule has 1 aliphatic heterocycles. The summed E-state index contributed by atoms with van der Waals surface area (Å²) in [7, 11) is 0. The van der Waals surface area contributed by atoms with E-state index in [9.17, 15) is 18.4 Å². The predicted molar refractivity (Wildman–Crippen MR) is 133 cm³/mol. The summed E-state index contributed by atoms with van der Waals surface area (Å²) in [4.78, 5) is 29.9. The molecule has 4 rings (SSSR count). The number of hydrogen-bond acceptors (Lipinski definition) is 4. The first-order valence-corrected chi connectivity index (χ1v) is 12.1. The minimum atomic E-state index is -0.901. The normalized spacial score (nSPS) is 18.4. The molecule has 2 unspecified atom stereocenters. The summed E-state index contributed by atoms with van der Waals surface area (Å²) < 4.78 is 33.4. The van der Waals surface area contributed by atoms with Gasteiger partial charge in [0.2, 0.25) is 11.8 Å². The number of amides is 2. The van der Waals surface area contributed by atoms with Gasteiger partial charge in [-0.25, -0.2) is 8.78 Å². The Morgan fingerprint density at radius 1 is 1.06 bits per heavy atom. The maximum absolute atomic E-state index is 14.3. The summed E-state index contributed by atoms with van der Waals surface area (Å²) in [5.41, 5.74) is 2.06. The zero-order valence-corrected chi connectivity index (χ0v) is 20.7. The lowest BCUT2D eigenvalue weighted by Gasteiger charge is -2.45. The standard InChI is InChI=1S/C28H31F2N3O3/c1-18(2)28(35)33-19(3)15-32(16-22-6-4-7-23(29)26(22)30)17-24(33)27(34)31-14-20-9-11-21(12-10-20)25-8-5-13-36-25/h4-13,18-19,24H,14-17H2,1-3H3,(H,31,34). The number of nitrogens with zero attached hydrogens (tertiary/aromatic N) is 2. The number of nitrogens with one attached hydrogen (secondary N) is 1. The number of piperazine rings is 1. The van der Waals surface area contributed by atoms with Gasteiger partial charge in [0.05, 0.1) is 6.26 Å². The van der Waals surface area contributed by atoms with Gasteiger partial charge in [-0.2, -0.15) is 0 Å². The monoisotopic (exact) mass is 495 g/mol. The average Bonchev–Trinajstić information content (AvgIpc) is 3.40. The van der Waals surface area contributed by atoms with Crippen LogP contribution in [0.5, 0.6) is 0 Å². The Bertz CT molecular complexity index is 1200. The molecule has 0 spiro atoms. The molecule has 1 N–H and O–H groups in total. The first-order chi connectivity index (χ1) is 17.2. The molecule has 36 heavy (non-hydrogen) atoms. The van der Waals surface area contributed by atoms with Gasteiger partial charge in [-0.15, -0.1) is 0 Å². The highest BCUT2D eigenvalue weighted by atomic mass is 19.2. The van der Waals surface area contributed by atoms with Crippen LogP contribution in [0.3, 0.4) is 0 Å². The molecule has 3 aromatic rings. The van der Waals surface area contributed by atoms with Crippen LogP contribution in [0.1, 0.15) is 31.9 Å². The molecule has 6 nitrogen and oxygen atoms in total. The van der Waals surface area contributed by atoms with Crippen molar-refractivity contribution >= 4 is 11.8 Å². The number of carbonyl (C=O) groups excluding carboxylic acids is 2. The number of hydrogen-bond donors (Lipinski definition) is 1. The van der Waals surface area contributed by atoms with Crippen LogP contribution in [-0.2, 0) is 22.7 Å². The number of rotatable bonds is 7. The van der Waals surface area contributed by atoms with Crippen molar-refractivity contribution in [3.8, 4) is 11.3 Å². The van der Waals surface area contributed by atoms with E-state index in [0.717, 1.165) is 23.0 Å². The molecule has 1 aromatic heterocycles. The van der Waals surface area contributed by atoms with Crippen LogP contribution in [-0.4, -0.2) is 46.8 Å². The first-order valence-electron chi connectivity index (χ1n) is 12.1. The fraction of sp³-hybridized carbons (Fsp3) is 0.357. The second-order valence-electron chi connectivity index (χ2n) is 9.56. The van der Waals surface area contributed by atoms with E-state index in [-0.39, 0.29) is 42.4 Å². The van der Waals surface area contributed by atoms with E-state index >= 15 is 0 Å². The minimum absolute atomic E-state index is 0.109. The summed E-state index contributed by atoms with van der Waals surface area (Å²) in [5, 5.41) is 2.96. The highest BCUT2D eigenvalue weighted by Gasteiger charge is 2.40. The fourth-order valence-electron chi connectivity index (χ4n) is 4.63. The van der Waals surface area contributed by atoms with Gasteiger partial charge in [-0.3, -0.25) is 14.5 Å². The number of halogens is 2. The van der Waals surface area contributed by atoms with Crippen molar-refractivity contribution in [1.82, 2.24) is 15.1 Å². The van der Waals surface area contributed by atoms with E-state index in [1.54, 1.807) is 25.0 Å². The molecule has 0 aliphatic carbocycles. The lowest BCUT2D eigenvalue weighted by atomic mass is 10.0. The Kier molecular flexibility index (Phi) is 7.84. The van der Waals surface area contributed by atoms with E-state index in [0.29, 0.717) is 13.1 Å². The SMILES string of the molecule is CC(C)C(=O)N1C(C)CN(Cc2cccc(F)c2F)CC1C(=O)NCc1ccc(-c2ccco2)cc1. The summed E-state index contributed by atoms with van der Waals surface area (Å²) in [6.45, 7) is 6.61. The smallest absolute Gasteiger partial charge is 0.244 e. The van der Waals surface area contributed by atoms with E-state index in [2.05, 4.69) is 5.32 Å². The summed E-state index contributed by atoms with van der Waals surface area (Å²) in [5.74, 6) is -1.69. The van der Waals surface area contributed by atoms with Gasteiger partial charge >= 0.3 is 0 Å². The lowest BCUT2D eigenvalue weighted by molar-refractivity contribution is -0.150. The molecule has 2 amide bonds. The van der Waals surface area contributed by atoms with Gasteiger partial charge < -0.3 is 14.6 Å². The van der Waals surface area contributed by atoms with Gasteiger partial charge in [0.15, 0.2) is 11.6 Å². The van der Waals surface area contributed by atoms with Gasteiger partial charge in [0.1, 0.15) is 11.8 Å². The van der Waals surface area contributed by atoms with E-state index in [4.69, 9.17) is 4.42 Å². The average molecular weight is 496 g/mol. The van der Waals surface area contributed by atoms with Crippen LogP contribution in [0.2, 0.25) is 0 Å². The maximum Gasteiger partial charge on any atom is 0.244 e. The van der Waals surface area contributed by atoms with Crippen molar-refractivity contribution in [2.75, 3.05) is 13.1 Å². The van der Waals surface area contributed by atoms with E-state index < -0.39 is 17.7 Å². The molecule has 0 saturated carbocycles. The molecule has 1 fully saturated rings. The molecule has 1 saturated heterocycles. The highest BCUT2D eigenvalue weighted by Crippen LogP contribution is 2.23. The molecule has 190 valence electrons. The molecular formula is C28H31F2N3O3. The van der Waals surface area contributed by atoms with Crippen molar-refractivity contribution in [2.24, 2.45) is 5.92 Å². The van der Waals surface area contributed by atoms with Crippen molar-refractivity contribution < 1.29 is 22.8 Å². The summed E-state index contributed by atoms with van der Waals surface area (Å²) in [6.07, 6.45) is 1.62. The fourth-order valence-corrected chi connectivity index (χ4v) is 4.63. The Morgan fingerprint density at radius 2 is 1.81 bits per heavy atom. The Balaban J connectivity index is 1.48. The third-order valence-electron chi connectivity index (χ3n) is 6.47. The van der Waals surface area contributed by atoms with E-state index in [1.165, 1.54) is 12.1 Å². The van der Waals surface area contributed by atoms with Crippen LogP contribution < -0.4 is 5.32 Å². The quantitative estimate of drug-likeness (QED) is 0.521. The summed E-state index contributed by atoms with van der Waals surface area (Å²) in [6, 6.07) is 14.4. The van der Waals surface area contributed by atoms with Gasteiger partial charge in [0, 0.05) is 49.3 Å². The van der Waals surface area contributed by atoms with Crippen molar-refractivity contribution in [2.45, 2.75) is 45.9 Å². The Labute approximate surface area is 209 Å². The zero-order chi connectivity index (χ0) is 25.8. The second kappa shape index (κ2) is 11.0. The topological polar surface area (TPSA) is 65.8 Å². The predicted octanol–water partition coefficient (Wildman–Crippen LogP) is 4.60. The molecular weight excluding hydrogens is 464 g/mol. The second-order valence-corrected chi connectivity index (χ2v) is 9.56. The van der Waals surface area contributed by atoms with E-state index in [1.807, 2.05) is 48.2 Å². The van der Waals surface area contributed by atoms with Crippen LogP contribution in [0, 0.1) is 17.6 Å². The van der Waals surface area contributed by atoms with Crippen LogP contribution in [0.15, 0.2) is 65.3 Å². The molecule has 0 radical (unpaired) electrons. The summed E-state index contributed by atoms with van der Waals surface area (Å²) >= 11 is 0. The number of furan rings is 1. The third kappa shape index (κ3) is 5.65. The van der Waals surface area contributed by atoms with Crippen molar-refractivity contribution in [3.63, 3.8) is 0 Å². The van der Waals surface area contributed by atoms with Crippen molar-refractivity contribution in [1.29, 1.82) is 0 Å². The van der Waals surface area contributed by atoms with Crippen LogP contribution in [0.4, 0.5) is 8.78 Å². The van der Waals surface area contributed by atoms with Gasteiger partial charge in [0.25, 0.3) is 0 Å². The number of benzene rings is 2. The third-order valence-corrected chi connectivity index (χ3v) is 6.47. The minimum Gasteiger partial charge on any atom is -0.464 e. The van der Waals surface area contributed by atoms with Crippen LogP contribution >= 0.6 is 0 Å². The first kappa shape index (κ1) is 25.6. The molecule has 2 aromatic carbocycles. The molecule has 2 atom stereocenters. The zero-order valence-electron chi connectivity index (χ0n) is 20.7.